The Bertz CT molecular complexity index is 1320. The van der Waals surface area contributed by atoms with Crippen molar-refractivity contribution in [3.8, 4) is 5.75 Å². The molecule has 0 bridgehead atoms. The summed E-state index contributed by atoms with van der Waals surface area (Å²) in [4.78, 5) is 39.7. The predicted molar refractivity (Wildman–Crippen MR) is 129 cm³/mol. The third-order valence-corrected chi connectivity index (χ3v) is 7.31. The van der Waals surface area contributed by atoms with E-state index in [0.717, 1.165) is 31.7 Å². The first-order chi connectivity index (χ1) is 16.5. The van der Waals surface area contributed by atoms with Gasteiger partial charge in [0.15, 0.2) is 11.6 Å². The van der Waals surface area contributed by atoms with Gasteiger partial charge in [0.05, 0.1) is 12.5 Å². The van der Waals surface area contributed by atoms with E-state index in [0.29, 0.717) is 24.3 Å². The Morgan fingerprint density at radius 3 is 2.54 bits per heavy atom. The van der Waals surface area contributed by atoms with Crippen LogP contribution in [-0.2, 0) is 4.74 Å². The summed E-state index contributed by atoms with van der Waals surface area (Å²) in [6, 6.07) is 1.05. The summed E-state index contributed by atoms with van der Waals surface area (Å²) in [6.07, 6.45) is 3.02. The number of nitrogens with one attached hydrogen (secondary N) is 1. The van der Waals surface area contributed by atoms with Gasteiger partial charge in [-0.25, -0.2) is 14.0 Å². The van der Waals surface area contributed by atoms with Crippen molar-refractivity contribution in [2.45, 2.75) is 58.1 Å². The lowest BCUT2D eigenvalue weighted by Crippen LogP contribution is -2.44. The van der Waals surface area contributed by atoms with Crippen LogP contribution in [0.25, 0.3) is 10.9 Å². The van der Waals surface area contributed by atoms with E-state index in [1.54, 1.807) is 0 Å². The van der Waals surface area contributed by atoms with Crippen LogP contribution in [-0.4, -0.2) is 47.7 Å². The van der Waals surface area contributed by atoms with E-state index in [-0.39, 0.29) is 39.7 Å². The van der Waals surface area contributed by atoms with Crippen LogP contribution in [0.1, 0.15) is 52.5 Å². The van der Waals surface area contributed by atoms with Crippen molar-refractivity contribution >= 4 is 22.7 Å². The number of halogens is 1. The van der Waals surface area contributed by atoms with E-state index < -0.39 is 28.8 Å². The number of rotatable bonds is 5. The van der Waals surface area contributed by atoms with Crippen molar-refractivity contribution in [2.24, 2.45) is 11.3 Å². The highest BCUT2D eigenvalue weighted by Crippen LogP contribution is 2.58. The number of hydrogen-bond donors (Lipinski definition) is 2. The Hall–Kier alpha value is -3.24. The first kappa shape index (κ1) is 23.5. The maximum Gasteiger partial charge on any atom is 0.407 e. The highest BCUT2D eigenvalue weighted by Gasteiger charge is 2.55. The second-order valence-electron chi connectivity index (χ2n) is 11.0. The van der Waals surface area contributed by atoms with Gasteiger partial charge in [-0.3, -0.25) is 9.36 Å². The van der Waals surface area contributed by atoms with Gasteiger partial charge in [0.1, 0.15) is 16.8 Å². The Kier molecular flexibility index (Phi) is 5.30. The fourth-order valence-corrected chi connectivity index (χ4v) is 5.33. The Balaban J connectivity index is 1.52. The molecule has 1 unspecified atom stereocenters. The number of nitrogen functional groups attached to an aromatic ring is 1. The van der Waals surface area contributed by atoms with Crippen molar-refractivity contribution in [3.05, 3.63) is 32.7 Å². The minimum Gasteiger partial charge on any atom is -0.492 e. The molecule has 2 saturated carbocycles. The quantitative estimate of drug-likeness (QED) is 0.617. The number of fused-ring (bicyclic) bond motifs is 1. The zero-order valence-corrected chi connectivity index (χ0v) is 20.5. The van der Waals surface area contributed by atoms with Gasteiger partial charge in [-0.15, -0.1) is 0 Å². The Labute approximate surface area is 201 Å². The van der Waals surface area contributed by atoms with Crippen molar-refractivity contribution in [1.29, 1.82) is 0 Å². The maximum absolute atomic E-state index is 15.6. The molecule has 1 saturated heterocycles. The average molecular weight is 490 g/mol. The molecule has 10 nitrogen and oxygen atoms in total. The average Bonchev–Trinajstić information content (AvgIpc) is 3.69. The minimum absolute atomic E-state index is 0.0144. The number of carbonyl (C=O) groups excluding carboxylic acids is 1. The van der Waals surface area contributed by atoms with E-state index in [9.17, 15) is 14.4 Å². The fourth-order valence-electron chi connectivity index (χ4n) is 5.33. The molecule has 2 aliphatic carbocycles. The van der Waals surface area contributed by atoms with E-state index in [2.05, 4.69) is 5.32 Å². The normalized spacial score (nSPS) is 20.9. The maximum atomic E-state index is 15.6. The molecular weight excluding hydrogens is 457 g/mol. The number of anilines is 1. The lowest BCUT2D eigenvalue weighted by molar-refractivity contribution is 0.0516. The standard InChI is InChI=1S/C24H32FN5O5/c1-23(2,3)35-21(32)27-10-13-11-28(12-24(13)7-8-24)18-16(25)9-15-17(19(18)34-4)29(14-5-6-14)22(33)30(26)20(15)31/h9,13-14H,5-8,10-12,26H2,1-4H3,(H,27,32). The number of nitrogens with zero attached hydrogens (tertiary/aromatic N) is 3. The van der Waals surface area contributed by atoms with E-state index in [1.165, 1.54) is 11.7 Å². The number of amides is 1. The van der Waals surface area contributed by atoms with Crippen LogP contribution in [0.15, 0.2) is 15.7 Å². The van der Waals surface area contributed by atoms with Crippen LogP contribution in [0, 0.1) is 17.2 Å². The molecular formula is C24H32FN5O5. The minimum atomic E-state index is -0.759. The second kappa shape index (κ2) is 7.89. The second-order valence-corrected chi connectivity index (χ2v) is 11.0. The van der Waals surface area contributed by atoms with Crippen molar-refractivity contribution in [2.75, 3.05) is 37.5 Å². The van der Waals surface area contributed by atoms with Crippen molar-refractivity contribution in [1.82, 2.24) is 14.6 Å². The van der Waals surface area contributed by atoms with Crippen molar-refractivity contribution < 1.29 is 18.7 Å². The Morgan fingerprint density at radius 2 is 1.97 bits per heavy atom. The topological polar surface area (TPSA) is 121 Å². The number of aromatic nitrogens is 2. The number of hydrogen-bond acceptors (Lipinski definition) is 7. The molecule has 11 heteroatoms. The molecule has 0 radical (unpaired) electrons. The summed E-state index contributed by atoms with van der Waals surface area (Å²) in [6.45, 7) is 6.92. The van der Waals surface area contributed by atoms with Crippen LogP contribution in [0.5, 0.6) is 5.75 Å². The summed E-state index contributed by atoms with van der Waals surface area (Å²) in [5.74, 6) is 5.38. The molecule has 35 heavy (non-hydrogen) atoms. The molecule has 1 atom stereocenters. The molecule has 190 valence electrons. The van der Waals surface area contributed by atoms with E-state index >= 15 is 4.39 Å². The van der Waals surface area contributed by atoms with Crippen LogP contribution in [0.3, 0.4) is 0 Å². The summed E-state index contributed by atoms with van der Waals surface area (Å²) in [5.41, 5.74) is -1.51. The highest BCUT2D eigenvalue weighted by molar-refractivity contribution is 5.91. The van der Waals surface area contributed by atoms with Crippen LogP contribution < -0.4 is 32.0 Å². The van der Waals surface area contributed by atoms with Gasteiger partial charge < -0.3 is 25.5 Å². The van der Waals surface area contributed by atoms with Crippen LogP contribution in [0.2, 0.25) is 0 Å². The van der Waals surface area contributed by atoms with Crippen molar-refractivity contribution in [3.63, 3.8) is 0 Å². The largest absolute Gasteiger partial charge is 0.492 e. The third kappa shape index (κ3) is 4.00. The molecule has 2 aromatic rings. The summed E-state index contributed by atoms with van der Waals surface area (Å²) < 4.78 is 28.6. The summed E-state index contributed by atoms with van der Waals surface area (Å²) in [5, 5.41) is 2.87. The zero-order valence-electron chi connectivity index (χ0n) is 20.5. The molecule has 3 N–H and O–H groups in total. The van der Waals surface area contributed by atoms with Crippen LogP contribution in [0.4, 0.5) is 14.9 Å². The van der Waals surface area contributed by atoms with Gasteiger partial charge in [-0.1, -0.05) is 0 Å². The smallest absolute Gasteiger partial charge is 0.407 e. The van der Waals surface area contributed by atoms with Gasteiger partial charge >= 0.3 is 11.8 Å². The molecule has 3 aliphatic rings. The lowest BCUT2D eigenvalue weighted by Gasteiger charge is -2.24. The monoisotopic (exact) mass is 489 g/mol. The highest BCUT2D eigenvalue weighted by atomic mass is 19.1. The molecule has 1 aromatic heterocycles. The molecule has 1 spiro atoms. The molecule has 1 aliphatic heterocycles. The zero-order chi connectivity index (χ0) is 25.3. The molecule has 2 heterocycles. The number of alkyl carbamates (subject to hydrolysis) is 1. The fraction of sp³-hybridized carbons (Fsp3) is 0.625. The SMILES string of the molecule is COc1c(N2CC(CNC(=O)OC(C)(C)C)C3(CC3)C2)c(F)cc2c(=O)n(N)c(=O)n(C3CC3)c12. The summed E-state index contributed by atoms with van der Waals surface area (Å²) in [7, 11) is 1.41. The molecule has 3 fully saturated rings. The van der Waals surface area contributed by atoms with Crippen LogP contribution >= 0.6 is 0 Å². The third-order valence-electron chi connectivity index (χ3n) is 7.31. The number of ether oxygens (including phenoxy) is 2. The summed E-state index contributed by atoms with van der Waals surface area (Å²) >= 11 is 0. The Morgan fingerprint density at radius 1 is 1.29 bits per heavy atom. The van der Waals surface area contributed by atoms with E-state index in [1.807, 2.05) is 25.7 Å². The molecule has 5 rings (SSSR count). The van der Waals surface area contributed by atoms with Gasteiger partial charge in [0.2, 0.25) is 0 Å². The molecule has 1 aromatic carbocycles. The van der Waals surface area contributed by atoms with Gasteiger partial charge in [-0.2, -0.15) is 4.68 Å². The van der Waals surface area contributed by atoms with Gasteiger partial charge in [-0.05, 0) is 57.9 Å². The predicted octanol–water partition coefficient (Wildman–Crippen LogP) is 2.10. The van der Waals surface area contributed by atoms with Gasteiger partial charge in [0.25, 0.3) is 5.56 Å². The first-order valence-electron chi connectivity index (χ1n) is 12.0. The number of methoxy groups -OCH3 is 1. The van der Waals surface area contributed by atoms with Gasteiger partial charge in [0, 0.05) is 31.6 Å². The number of carbonyl (C=O) groups is 1. The molecule has 1 amide bonds. The lowest BCUT2D eigenvalue weighted by atomic mass is 9.93. The number of nitrogens with two attached hydrogens (primary N) is 1. The number of benzene rings is 1. The van der Waals surface area contributed by atoms with E-state index in [4.69, 9.17) is 15.3 Å². The first-order valence-corrected chi connectivity index (χ1v) is 12.0.